The van der Waals surface area contributed by atoms with Crippen LogP contribution in [0.1, 0.15) is 52.7 Å². The number of amides is 1. The molecule has 1 saturated carbocycles. The first-order valence-corrected chi connectivity index (χ1v) is 12.4. The molecule has 1 fully saturated rings. The van der Waals surface area contributed by atoms with E-state index in [1.165, 1.54) is 47.2 Å². The van der Waals surface area contributed by atoms with E-state index in [-0.39, 0.29) is 36.6 Å². The minimum absolute atomic E-state index is 0.128. The lowest BCUT2D eigenvalue weighted by Crippen LogP contribution is -2.38. The number of aliphatic hydroxyl groups is 1. The van der Waals surface area contributed by atoms with Gasteiger partial charge in [-0.3, -0.25) is 19.2 Å². The average molecular weight is 523 g/mol. The second-order valence-electron chi connectivity index (χ2n) is 9.58. The van der Waals surface area contributed by atoms with Crippen molar-refractivity contribution in [3.63, 3.8) is 0 Å². The maximum atomic E-state index is 14.3. The van der Waals surface area contributed by atoms with E-state index >= 15 is 0 Å². The average Bonchev–Trinajstić information content (AvgIpc) is 3.31. The summed E-state index contributed by atoms with van der Waals surface area (Å²) in [5, 5.41) is 12.4. The van der Waals surface area contributed by atoms with Crippen LogP contribution in [0, 0.1) is 17.6 Å². The van der Waals surface area contributed by atoms with Crippen LogP contribution in [0.2, 0.25) is 0 Å². The fourth-order valence-electron chi connectivity index (χ4n) is 4.66. The molecule has 9 heteroatoms. The topological polar surface area (TPSA) is 105 Å². The number of nitrogens with zero attached hydrogens (tertiary/aromatic N) is 1. The first-order valence-electron chi connectivity index (χ1n) is 12.4. The Morgan fingerprint density at radius 3 is 2.42 bits per heavy atom. The number of nitrogens with one attached hydrogen (secondary N) is 1. The number of hydrogen-bond acceptors (Lipinski definition) is 5. The van der Waals surface area contributed by atoms with Gasteiger partial charge in [0.15, 0.2) is 5.78 Å². The summed E-state index contributed by atoms with van der Waals surface area (Å²) in [6.07, 6.45) is 2.60. The first kappa shape index (κ1) is 27.1. The fraction of sp³-hybridized carbons (Fsp3) is 0.310. The van der Waals surface area contributed by atoms with Crippen molar-refractivity contribution in [2.45, 2.75) is 44.8 Å². The number of pyridine rings is 1. The summed E-state index contributed by atoms with van der Waals surface area (Å²) >= 11 is 0. The third-order valence-electron chi connectivity index (χ3n) is 6.78. The summed E-state index contributed by atoms with van der Waals surface area (Å²) in [5.41, 5.74) is 0.446. The van der Waals surface area contributed by atoms with E-state index in [0.717, 1.165) is 12.8 Å². The number of halogens is 2. The summed E-state index contributed by atoms with van der Waals surface area (Å²) in [6, 6.07) is 13.0. The SMILES string of the molecule is O=C(CC(=O)c1cc(Cc2ccc(F)cc2)cn(Cc2ccccc2F)c1=O)C(=O)NCC1CCCC1O. The number of carbonyl (C=O) groups is 3. The predicted molar refractivity (Wildman–Crippen MR) is 136 cm³/mol. The van der Waals surface area contributed by atoms with E-state index in [1.54, 1.807) is 18.2 Å². The van der Waals surface area contributed by atoms with Crippen molar-refractivity contribution in [3.8, 4) is 0 Å². The van der Waals surface area contributed by atoms with Gasteiger partial charge in [0.05, 0.1) is 24.6 Å². The summed E-state index contributed by atoms with van der Waals surface area (Å²) in [6.45, 7) is -0.0241. The highest BCUT2D eigenvalue weighted by Crippen LogP contribution is 2.24. The molecule has 2 atom stereocenters. The van der Waals surface area contributed by atoms with Crippen LogP contribution < -0.4 is 10.9 Å². The highest BCUT2D eigenvalue weighted by atomic mass is 19.1. The maximum Gasteiger partial charge on any atom is 0.287 e. The van der Waals surface area contributed by atoms with Crippen molar-refractivity contribution in [2.24, 2.45) is 5.92 Å². The van der Waals surface area contributed by atoms with E-state index in [1.807, 2.05) is 0 Å². The number of Topliss-reactive ketones (excluding diaryl/α,β-unsaturated/α-hetero) is 2. The molecule has 2 aromatic carbocycles. The van der Waals surface area contributed by atoms with Gasteiger partial charge in [-0.15, -0.1) is 0 Å². The number of rotatable bonds is 10. The Hall–Kier alpha value is -3.98. The molecule has 0 radical (unpaired) electrons. The van der Waals surface area contributed by atoms with Crippen LogP contribution >= 0.6 is 0 Å². The fourth-order valence-corrected chi connectivity index (χ4v) is 4.66. The van der Waals surface area contributed by atoms with E-state index in [9.17, 15) is 33.1 Å². The number of carbonyl (C=O) groups excluding carboxylic acids is 3. The van der Waals surface area contributed by atoms with Gasteiger partial charge >= 0.3 is 0 Å². The van der Waals surface area contributed by atoms with Crippen molar-refractivity contribution in [1.29, 1.82) is 0 Å². The van der Waals surface area contributed by atoms with E-state index in [4.69, 9.17) is 0 Å². The standard InChI is InChI=1S/C29H28F2N2O5/c30-22-10-8-18(9-11-22)12-19-13-23(29(38)33(16-19)17-21-4-1-2-6-24(21)31)26(35)14-27(36)28(37)32-15-20-5-3-7-25(20)34/h1-2,4,6,8-11,13,16,20,25,34H,3,5,7,12,14-15,17H2,(H,32,37). The Bertz CT molecular complexity index is 1400. The number of benzene rings is 2. The Labute approximate surface area is 218 Å². The van der Waals surface area contributed by atoms with E-state index < -0.39 is 47.2 Å². The van der Waals surface area contributed by atoms with Gasteiger partial charge in [0.25, 0.3) is 11.5 Å². The van der Waals surface area contributed by atoms with Gasteiger partial charge in [-0.05, 0) is 54.7 Å². The summed E-state index contributed by atoms with van der Waals surface area (Å²) in [5.74, 6) is -3.85. The highest BCUT2D eigenvalue weighted by molar-refractivity contribution is 6.40. The van der Waals surface area contributed by atoms with E-state index in [2.05, 4.69) is 5.32 Å². The van der Waals surface area contributed by atoms with Gasteiger partial charge in [-0.2, -0.15) is 0 Å². The largest absolute Gasteiger partial charge is 0.393 e. The minimum atomic E-state index is -0.994. The number of aliphatic hydroxyl groups excluding tert-OH is 1. The maximum absolute atomic E-state index is 14.3. The van der Waals surface area contributed by atoms with Crippen molar-refractivity contribution in [2.75, 3.05) is 6.54 Å². The second-order valence-corrected chi connectivity index (χ2v) is 9.58. The third-order valence-corrected chi connectivity index (χ3v) is 6.78. The molecule has 1 heterocycles. The van der Waals surface area contributed by atoms with Gasteiger partial charge in [0, 0.05) is 24.2 Å². The molecule has 3 aromatic rings. The van der Waals surface area contributed by atoms with Crippen LogP contribution in [0.3, 0.4) is 0 Å². The Morgan fingerprint density at radius 1 is 1.00 bits per heavy atom. The van der Waals surface area contributed by atoms with Gasteiger partial charge in [0.2, 0.25) is 5.78 Å². The molecule has 2 unspecified atom stereocenters. The number of ketones is 2. The smallest absolute Gasteiger partial charge is 0.287 e. The molecule has 7 nitrogen and oxygen atoms in total. The number of aromatic nitrogens is 1. The Balaban J connectivity index is 1.56. The third kappa shape index (κ3) is 6.66. The van der Waals surface area contributed by atoms with Crippen LogP contribution in [0.25, 0.3) is 0 Å². The molecule has 0 bridgehead atoms. The molecular weight excluding hydrogens is 494 g/mol. The molecule has 1 aromatic heterocycles. The quantitative estimate of drug-likeness (QED) is 0.242. The first-order chi connectivity index (χ1) is 18.2. The molecule has 198 valence electrons. The summed E-state index contributed by atoms with van der Waals surface area (Å²) in [4.78, 5) is 51.0. The normalized spacial score (nSPS) is 16.8. The molecular formula is C29H28F2N2O5. The molecule has 4 rings (SSSR count). The van der Waals surface area contributed by atoms with Crippen LogP contribution in [0.15, 0.2) is 65.6 Å². The van der Waals surface area contributed by atoms with Crippen LogP contribution in [0.4, 0.5) is 8.78 Å². The molecule has 0 aliphatic heterocycles. The second kappa shape index (κ2) is 12.0. The monoisotopic (exact) mass is 522 g/mol. The zero-order valence-electron chi connectivity index (χ0n) is 20.7. The van der Waals surface area contributed by atoms with Crippen LogP contribution in [-0.4, -0.2) is 39.8 Å². The van der Waals surface area contributed by atoms with Crippen molar-refractivity contribution in [1.82, 2.24) is 9.88 Å². The minimum Gasteiger partial charge on any atom is -0.393 e. The number of hydrogen-bond donors (Lipinski definition) is 2. The molecule has 1 aliphatic rings. The van der Waals surface area contributed by atoms with E-state index in [0.29, 0.717) is 17.5 Å². The van der Waals surface area contributed by atoms with Crippen molar-refractivity contribution in [3.05, 3.63) is 105 Å². The predicted octanol–water partition coefficient (Wildman–Crippen LogP) is 3.18. The Morgan fingerprint density at radius 2 is 1.74 bits per heavy atom. The lowest BCUT2D eigenvalue weighted by Gasteiger charge is -2.14. The van der Waals surface area contributed by atoms with Crippen LogP contribution in [-0.2, 0) is 22.6 Å². The van der Waals surface area contributed by atoms with Gasteiger partial charge < -0.3 is 15.0 Å². The zero-order chi connectivity index (χ0) is 27.2. The van der Waals surface area contributed by atoms with Crippen molar-refractivity contribution >= 4 is 17.5 Å². The molecule has 1 amide bonds. The van der Waals surface area contributed by atoms with Crippen molar-refractivity contribution < 1.29 is 28.3 Å². The molecule has 1 aliphatic carbocycles. The Kier molecular flexibility index (Phi) is 8.58. The molecule has 0 saturated heterocycles. The summed E-state index contributed by atoms with van der Waals surface area (Å²) in [7, 11) is 0. The van der Waals surface area contributed by atoms with Gasteiger partial charge in [-0.25, -0.2) is 8.78 Å². The summed E-state index contributed by atoms with van der Waals surface area (Å²) < 4.78 is 28.8. The molecule has 38 heavy (non-hydrogen) atoms. The molecule has 0 spiro atoms. The van der Waals surface area contributed by atoms with Gasteiger partial charge in [0.1, 0.15) is 11.6 Å². The lowest BCUT2D eigenvalue weighted by molar-refractivity contribution is -0.137. The lowest BCUT2D eigenvalue weighted by atomic mass is 10.0. The van der Waals surface area contributed by atoms with Crippen LogP contribution in [0.5, 0.6) is 0 Å². The van der Waals surface area contributed by atoms with Gasteiger partial charge in [-0.1, -0.05) is 36.8 Å². The highest BCUT2D eigenvalue weighted by Gasteiger charge is 2.27. The zero-order valence-corrected chi connectivity index (χ0v) is 20.7. The molecule has 2 N–H and O–H groups in total.